The van der Waals surface area contributed by atoms with Gasteiger partial charge in [-0.05, 0) is 45.1 Å². The van der Waals surface area contributed by atoms with Crippen LogP contribution in [0.5, 0.6) is 0 Å². The molecule has 0 aromatic heterocycles. The summed E-state index contributed by atoms with van der Waals surface area (Å²) in [5.41, 5.74) is 1.30. The summed E-state index contributed by atoms with van der Waals surface area (Å²) in [6.45, 7) is 4.00. The first-order chi connectivity index (χ1) is 9.60. The van der Waals surface area contributed by atoms with Gasteiger partial charge in [0.25, 0.3) is 5.24 Å². The van der Waals surface area contributed by atoms with E-state index in [4.69, 9.17) is 0 Å². The minimum absolute atomic E-state index is 0.0847. The number of carbonyl (C=O) groups is 1. The van der Waals surface area contributed by atoms with Gasteiger partial charge in [-0.3, -0.25) is 4.79 Å². The molecule has 3 heteroatoms. The van der Waals surface area contributed by atoms with Crippen LogP contribution in [-0.4, -0.2) is 16.0 Å². The standard InChI is InChI=1S/C17H23NOS/c1-14(2)18-16(19)20-17(11-7-4-8-12-17)13-15-9-5-3-6-10-15/h3,5-7,9-11,14H,4,8,12-13H2,1-2H3,(H,18,19)/t17-/m1/s1. The largest absolute Gasteiger partial charge is 0.345 e. The van der Waals surface area contributed by atoms with Gasteiger partial charge in [0.1, 0.15) is 0 Å². The summed E-state index contributed by atoms with van der Waals surface area (Å²) in [5.74, 6) is 0. The molecule has 1 aromatic rings. The van der Waals surface area contributed by atoms with Crippen molar-refractivity contribution in [1.29, 1.82) is 0 Å². The molecule has 0 heterocycles. The molecule has 1 N–H and O–H groups in total. The van der Waals surface area contributed by atoms with Crippen LogP contribution >= 0.6 is 11.8 Å². The Kier molecular flexibility index (Phi) is 5.30. The van der Waals surface area contributed by atoms with Gasteiger partial charge in [-0.15, -0.1) is 0 Å². The first-order valence-electron chi connectivity index (χ1n) is 7.31. The highest BCUT2D eigenvalue weighted by Gasteiger charge is 2.32. The zero-order chi connectivity index (χ0) is 14.4. The summed E-state index contributed by atoms with van der Waals surface area (Å²) >= 11 is 1.45. The lowest BCUT2D eigenvalue weighted by atomic mass is 9.89. The molecule has 1 aliphatic rings. The topological polar surface area (TPSA) is 29.1 Å². The second-order valence-electron chi connectivity index (χ2n) is 5.71. The Morgan fingerprint density at radius 3 is 2.70 bits per heavy atom. The summed E-state index contributed by atoms with van der Waals surface area (Å²) in [7, 11) is 0. The van der Waals surface area contributed by atoms with Gasteiger partial charge in [0.05, 0.1) is 0 Å². The zero-order valence-electron chi connectivity index (χ0n) is 12.3. The van der Waals surface area contributed by atoms with Crippen molar-refractivity contribution < 1.29 is 4.79 Å². The molecule has 0 saturated carbocycles. The molecule has 0 unspecified atom stereocenters. The maximum atomic E-state index is 12.1. The van der Waals surface area contributed by atoms with Crippen LogP contribution in [0.4, 0.5) is 4.79 Å². The van der Waals surface area contributed by atoms with Crippen LogP contribution in [0.3, 0.4) is 0 Å². The quantitative estimate of drug-likeness (QED) is 0.823. The molecule has 0 aliphatic heterocycles. The fourth-order valence-electron chi connectivity index (χ4n) is 2.56. The van der Waals surface area contributed by atoms with Crippen molar-refractivity contribution in [1.82, 2.24) is 5.32 Å². The summed E-state index contributed by atoms with van der Waals surface area (Å²) < 4.78 is -0.0847. The Morgan fingerprint density at radius 1 is 1.35 bits per heavy atom. The predicted octanol–water partition coefficient (Wildman–Crippen LogP) is 4.56. The smallest absolute Gasteiger partial charge is 0.280 e. The Balaban J connectivity index is 2.11. The number of rotatable bonds is 4. The van der Waals surface area contributed by atoms with Crippen molar-refractivity contribution in [3.8, 4) is 0 Å². The minimum Gasteiger partial charge on any atom is -0.345 e. The van der Waals surface area contributed by atoms with Crippen molar-refractivity contribution in [2.75, 3.05) is 0 Å². The maximum Gasteiger partial charge on any atom is 0.280 e. The van der Waals surface area contributed by atoms with Gasteiger partial charge < -0.3 is 5.32 Å². The van der Waals surface area contributed by atoms with Crippen molar-refractivity contribution in [2.45, 2.75) is 50.3 Å². The van der Waals surface area contributed by atoms with Crippen LogP contribution in [0.15, 0.2) is 42.5 Å². The van der Waals surface area contributed by atoms with Crippen LogP contribution in [0.1, 0.15) is 38.7 Å². The van der Waals surface area contributed by atoms with Crippen LogP contribution < -0.4 is 5.32 Å². The highest BCUT2D eigenvalue weighted by atomic mass is 32.2. The third kappa shape index (κ3) is 4.41. The number of allylic oxidation sites excluding steroid dienone is 1. The van der Waals surface area contributed by atoms with Crippen molar-refractivity contribution in [3.05, 3.63) is 48.0 Å². The maximum absolute atomic E-state index is 12.1. The van der Waals surface area contributed by atoms with Gasteiger partial charge in [-0.2, -0.15) is 0 Å². The van der Waals surface area contributed by atoms with E-state index in [9.17, 15) is 4.79 Å². The van der Waals surface area contributed by atoms with E-state index in [2.05, 4.69) is 41.7 Å². The molecule has 20 heavy (non-hydrogen) atoms. The molecular formula is C17H23NOS. The molecule has 1 amide bonds. The van der Waals surface area contributed by atoms with Crippen molar-refractivity contribution >= 4 is 17.0 Å². The van der Waals surface area contributed by atoms with E-state index in [0.717, 1.165) is 25.7 Å². The molecule has 1 aromatic carbocycles. The number of nitrogens with one attached hydrogen (secondary N) is 1. The van der Waals surface area contributed by atoms with Gasteiger partial charge in [-0.25, -0.2) is 0 Å². The summed E-state index contributed by atoms with van der Waals surface area (Å²) in [6.07, 6.45) is 8.74. The summed E-state index contributed by atoms with van der Waals surface area (Å²) in [5, 5.41) is 3.08. The first-order valence-corrected chi connectivity index (χ1v) is 8.12. The molecule has 2 nitrogen and oxygen atoms in total. The SMILES string of the molecule is CC(C)NC(=O)S[C@]1(Cc2ccccc2)C=CCCC1. The van der Waals surface area contributed by atoms with Crippen LogP contribution in [-0.2, 0) is 6.42 Å². The van der Waals surface area contributed by atoms with Gasteiger partial charge in [0.2, 0.25) is 0 Å². The average Bonchev–Trinajstić information content (AvgIpc) is 2.39. The van der Waals surface area contributed by atoms with E-state index in [1.54, 1.807) is 0 Å². The summed E-state index contributed by atoms with van der Waals surface area (Å²) in [4.78, 5) is 12.1. The minimum atomic E-state index is -0.0847. The van der Waals surface area contributed by atoms with Crippen molar-refractivity contribution in [3.63, 3.8) is 0 Å². The third-order valence-electron chi connectivity index (χ3n) is 3.44. The van der Waals surface area contributed by atoms with Gasteiger partial charge in [0, 0.05) is 10.8 Å². The molecule has 0 saturated heterocycles. The molecule has 0 bridgehead atoms. The Morgan fingerprint density at radius 2 is 2.10 bits per heavy atom. The Labute approximate surface area is 126 Å². The fourth-order valence-corrected chi connectivity index (χ4v) is 3.87. The lowest BCUT2D eigenvalue weighted by molar-refractivity contribution is 0.258. The van der Waals surface area contributed by atoms with E-state index in [-0.39, 0.29) is 16.0 Å². The number of benzene rings is 1. The molecular weight excluding hydrogens is 266 g/mol. The van der Waals surface area contributed by atoms with Crippen LogP contribution in [0.2, 0.25) is 0 Å². The van der Waals surface area contributed by atoms with Crippen molar-refractivity contribution in [2.24, 2.45) is 0 Å². The molecule has 0 fully saturated rings. The Hall–Kier alpha value is -1.22. The Bertz CT molecular complexity index is 469. The number of carbonyl (C=O) groups excluding carboxylic acids is 1. The molecule has 0 spiro atoms. The van der Waals surface area contributed by atoms with E-state index in [0.29, 0.717) is 0 Å². The molecule has 1 aliphatic carbocycles. The lowest BCUT2D eigenvalue weighted by Gasteiger charge is -2.32. The van der Waals surface area contributed by atoms with E-state index in [1.165, 1.54) is 17.3 Å². The molecule has 2 rings (SSSR count). The second kappa shape index (κ2) is 6.98. The van der Waals surface area contributed by atoms with Crippen LogP contribution in [0.25, 0.3) is 0 Å². The number of thioether (sulfide) groups is 1. The lowest BCUT2D eigenvalue weighted by Crippen LogP contribution is -2.34. The van der Waals surface area contributed by atoms with Gasteiger partial charge in [0.15, 0.2) is 0 Å². The van der Waals surface area contributed by atoms with Gasteiger partial charge >= 0.3 is 0 Å². The highest BCUT2D eigenvalue weighted by Crippen LogP contribution is 2.39. The normalized spacial score (nSPS) is 21.9. The van der Waals surface area contributed by atoms with Crippen LogP contribution in [0, 0.1) is 0 Å². The summed E-state index contributed by atoms with van der Waals surface area (Å²) in [6, 6.07) is 10.6. The average molecular weight is 289 g/mol. The molecule has 0 radical (unpaired) electrons. The number of hydrogen-bond donors (Lipinski definition) is 1. The van der Waals surface area contributed by atoms with Gasteiger partial charge in [-0.1, -0.05) is 54.2 Å². The molecule has 108 valence electrons. The fraction of sp³-hybridized carbons (Fsp3) is 0.471. The molecule has 1 atom stereocenters. The number of hydrogen-bond acceptors (Lipinski definition) is 2. The zero-order valence-corrected chi connectivity index (χ0v) is 13.1. The predicted molar refractivity (Wildman–Crippen MR) is 87.1 cm³/mol. The monoisotopic (exact) mass is 289 g/mol. The third-order valence-corrected chi connectivity index (χ3v) is 4.64. The highest BCUT2D eigenvalue weighted by molar-refractivity contribution is 8.14. The first kappa shape index (κ1) is 15.2. The van der Waals surface area contributed by atoms with E-state index < -0.39 is 0 Å². The van der Waals surface area contributed by atoms with E-state index in [1.807, 2.05) is 19.9 Å². The second-order valence-corrected chi connectivity index (χ2v) is 7.10. The number of amides is 1. The van der Waals surface area contributed by atoms with E-state index >= 15 is 0 Å².